The van der Waals surface area contributed by atoms with Crippen molar-refractivity contribution in [2.75, 3.05) is 24.5 Å². The molecule has 0 radical (unpaired) electrons. The highest BCUT2D eigenvalue weighted by Crippen LogP contribution is 2.45. The van der Waals surface area contributed by atoms with Gasteiger partial charge in [-0.05, 0) is 100 Å². The summed E-state index contributed by atoms with van der Waals surface area (Å²) in [6.07, 6.45) is 1.80. The molecule has 7 heteroatoms. The minimum absolute atomic E-state index is 0.155. The number of benzene rings is 2. The van der Waals surface area contributed by atoms with Crippen LogP contribution in [0.3, 0.4) is 0 Å². The van der Waals surface area contributed by atoms with E-state index in [4.69, 9.17) is 9.72 Å². The van der Waals surface area contributed by atoms with Gasteiger partial charge in [-0.25, -0.2) is 9.18 Å². The van der Waals surface area contributed by atoms with E-state index in [9.17, 15) is 14.3 Å². The molecular weight excluding hydrogens is 553 g/mol. The Labute approximate surface area is 262 Å². The van der Waals surface area contributed by atoms with Crippen molar-refractivity contribution < 1.29 is 19.0 Å². The standard InChI is InChI=1S/C37H48FN3O3/c1-23-28(10-9-11-30(23)38)21-40-17-14-26-20-27(12-13-29(26)22-40)31-24(2)39-25(3)32(34(35(42)43)44-36(4,5)6)33(31)41-18-15-37(7,8)16-19-41/h9-13,20,34H,14-19,21-22H2,1-8H3,(H,42,43)/t34-/m0/s1. The maximum Gasteiger partial charge on any atom is 0.337 e. The molecule has 1 atom stereocenters. The van der Waals surface area contributed by atoms with Gasteiger partial charge in [-0.1, -0.05) is 44.2 Å². The maximum absolute atomic E-state index is 14.2. The monoisotopic (exact) mass is 601 g/mol. The smallest absolute Gasteiger partial charge is 0.337 e. The second kappa shape index (κ2) is 12.2. The molecule has 1 fully saturated rings. The van der Waals surface area contributed by atoms with Crippen molar-refractivity contribution in [1.82, 2.24) is 9.88 Å². The van der Waals surface area contributed by atoms with Crippen molar-refractivity contribution in [3.05, 3.63) is 81.4 Å². The lowest BCUT2D eigenvalue weighted by Crippen LogP contribution is -2.39. The van der Waals surface area contributed by atoms with Crippen LogP contribution in [0.15, 0.2) is 36.4 Å². The van der Waals surface area contributed by atoms with E-state index < -0.39 is 17.7 Å². The van der Waals surface area contributed by atoms with E-state index in [1.165, 1.54) is 17.2 Å². The summed E-state index contributed by atoms with van der Waals surface area (Å²) in [5, 5.41) is 10.5. The highest BCUT2D eigenvalue weighted by Gasteiger charge is 2.36. The van der Waals surface area contributed by atoms with Crippen LogP contribution < -0.4 is 4.90 Å². The summed E-state index contributed by atoms with van der Waals surface area (Å²) in [6.45, 7) is 20.2. The van der Waals surface area contributed by atoms with Crippen LogP contribution >= 0.6 is 0 Å². The number of hydrogen-bond donors (Lipinski definition) is 1. The Bertz CT molecular complexity index is 1550. The highest BCUT2D eigenvalue weighted by molar-refractivity contribution is 5.88. The molecule has 5 rings (SSSR count). The number of hydrogen-bond acceptors (Lipinski definition) is 5. The Hall–Kier alpha value is -3.29. The van der Waals surface area contributed by atoms with Gasteiger partial charge >= 0.3 is 5.97 Å². The van der Waals surface area contributed by atoms with Crippen LogP contribution in [0.25, 0.3) is 11.1 Å². The van der Waals surface area contributed by atoms with Gasteiger partial charge in [0, 0.05) is 55.2 Å². The third-order valence-corrected chi connectivity index (χ3v) is 9.33. The number of anilines is 1. The summed E-state index contributed by atoms with van der Waals surface area (Å²) < 4.78 is 20.4. The van der Waals surface area contributed by atoms with E-state index in [1.54, 1.807) is 6.07 Å². The SMILES string of the molecule is Cc1nc(C)c([C@H](OC(C)(C)C)C(=O)O)c(N2CCC(C)(C)CC2)c1-c1ccc2c(c1)CCN(Cc1cccc(F)c1C)C2. The number of carbonyl (C=O) groups is 1. The average molecular weight is 602 g/mol. The predicted molar refractivity (Wildman–Crippen MR) is 175 cm³/mol. The second-order valence-electron chi connectivity index (χ2n) is 14.5. The van der Waals surface area contributed by atoms with Crippen LogP contribution in [-0.2, 0) is 29.0 Å². The van der Waals surface area contributed by atoms with Crippen LogP contribution in [-0.4, -0.2) is 46.2 Å². The van der Waals surface area contributed by atoms with Gasteiger partial charge in [0.1, 0.15) is 5.82 Å². The lowest BCUT2D eigenvalue weighted by Gasteiger charge is -2.41. The first kappa shape index (κ1) is 32.1. The van der Waals surface area contributed by atoms with Crippen LogP contribution in [0.4, 0.5) is 10.1 Å². The zero-order valence-electron chi connectivity index (χ0n) is 27.7. The van der Waals surface area contributed by atoms with E-state index in [-0.39, 0.29) is 11.2 Å². The average Bonchev–Trinajstić information content (AvgIpc) is 2.93. The van der Waals surface area contributed by atoms with E-state index in [0.29, 0.717) is 11.3 Å². The van der Waals surface area contributed by atoms with Gasteiger partial charge in [0.25, 0.3) is 0 Å². The molecule has 0 bridgehead atoms. The molecule has 0 amide bonds. The number of nitrogens with zero attached hydrogens (tertiary/aromatic N) is 3. The number of carboxylic acid groups (broad SMARTS) is 1. The molecule has 44 heavy (non-hydrogen) atoms. The lowest BCUT2D eigenvalue weighted by atomic mass is 9.81. The van der Waals surface area contributed by atoms with Crippen molar-refractivity contribution in [2.45, 2.75) is 99.4 Å². The Morgan fingerprint density at radius 2 is 1.75 bits per heavy atom. The first-order valence-electron chi connectivity index (χ1n) is 15.9. The van der Waals surface area contributed by atoms with Crippen molar-refractivity contribution >= 4 is 11.7 Å². The number of aromatic nitrogens is 1. The van der Waals surface area contributed by atoms with Crippen LogP contribution in [0, 0.1) is 32.0 Å². The van der Waals surface area contributed by atoms with Crippen LogP contribution in [0.5, 0.6) is 0 Å². The molecule has 0 saturated carbocycles. The summed E-state index contributed by atoms with van der Waals surface area (Å²) in [6, 6.07) is 12.0. The minimum atomic E-state index is -1.13. The zero-order valence-corrected chi connectivity index (χ0v) is 27.7. The number of piperidine rings is 1. The normalized spacial score (nSPS) is 17.8. The number of aryl methyl sites for hydroxylation is 2. The van der Waals surface area contributed by atoms with Gasteiger partial charge in [0.05, 0.1) is 11.3 Å². The summed E-state index contributed by atoms with van der Waals surface area (Å²) in [7, 11) is 0. The molecule has 0 aliphatic carbocycles. The molecule has 0 spiro atoms. The maximum atomic E-state index is 14.2. The molecule has 1 aromatic heterocycles. The first-order chi connectivity index (χ1) is 20.6. The zero-order chi connectivity index (χ0) is 32.0. The van der Waals surface area contributed by atoms with Crippen molar-refractivity contribution in [3.8, 4) is 11.1 Å². The second-order valence-corrected chi connectivity index (χ2v) is 14.5. The fourth-order valence-electron chi connectivity index (χ4n) is 6.72. The number of pyridine rings is 1. The quantitative estimate of drug-likeness (QED) is 0.297. The minimum Gasteiger partial charge on any atom is -0.479 e. The highest BCUT2D eigenvalue weighted by atomic mass is 19.1. The van der Waals surface area contributed by atoms with E-state index in [1.807, 2.05) is 47.6 Å². The Morgan fingerprint density at radius 3 is 2.41 bits per heavy atom. The van der Waals surface area contributed by atoms with Crippen molar-refractivity contribution in [3.63, 3.8) is 0 Å². The Kier molecular flexibility index (Phi) is 8.94. The largest absolute Gasteiger partial charge is 0.479 e. The summed E-state index contributed by atoms with van der Waals surface area (Å²) in [4.78, 5) is 22.5. The van der Waals surface area contributed by atoms with Gasteiger partial charge in [-0.15, -0.1) is 0 Å². The number of aliphatic carboxylic acids is 1. The third kappa shape index (κ3) is 6.84. The van der Waals surface area contributed by atoms with Crippen molar-refractivity contribution in [1.29, 1.82) is 0 Å². The number of fused-ring (bicyclic) bond motifs is 1. The molecule has 1 saturated heterocycles. The Balaban J connectivity index is 1.57. The topological polar surface area (TPSA) is 65.9 Å². The van der Waals surface area contributed by atoms with Gasteiger partial charge in [0.2, 0.25) is 0 Å². The number of ether oxygens (including phenoxy) is 1. The van der Waals surface area contributed by atoms with Gasteiger partial charge < -0.3 is 14.7 Å². The van der Waals surface area contributed by atoms with Gasteiger partial charge in [-0.3, -0.25) is 9.88 Å². The number of halogens is 1. The molecule has 2 aliphatic rings. The summed E-state index contributed by atoms with van der Waals surface area (Å²) in [5.41, 5.74) is 9.15. The molecule has 236 valence electrons. The molecule has 1 N–H and O–H groups in total. The van der Waals surface area contributed by atoms with Gasteiger partial charge in [-0.2, -0.15) is 0 Å². The molecular formula is C37H48FN3O3. The fraction of sp³-hybridized carbons (Fsp3) is 0.514. The molecule has 2 aliphatic heterocycles. The fourth-order valence-corrected chi connectivity index (χ4v) is 6.72. The summed E-state index contributed by atoms with van der Waals surface area (Å²) in [5.74, 6) is -1.16. The molecule has 3 aromatic rings. The molecule has 0 unspecified atom stereocenters. The van der Waals surface area contributed by atoms with Crippen molar-refractivity contribution in [2.24, 2.45) is 5.41 Å². The number of carboxylic acids is 1. The van der Waals surface area contributed by atoms with E-state index >= 15 is 0 Å². The summed E-state index contributed by atoms with van der Waals surface area (Å²) >= 11 is 0. The predicted octanol–water partition coefficient (Wildman–Crippen LogP) is 7.94. The van der Waals surface area contributed by atoms with E-state index in [0.717, 1.165) is 85.6 Å². The molecule has 6 nitrogen and oxygen atoms in total. The van der Waals surface area contributed by atoms with Crippen LogP contribution in [0.1, 0.15) is 92.8 Å². The third-order valence-electron chi connectivity index (χ3n) is 9.33. The lowest BCUT2D eigenvalue weighted by molar-refractivity contribution is -0.160. The molecule has 3 heterocycles. The van der Waals surface area contributed by atoms with Crippen LogP contribution in [0.2, 0.25) is 0 Å². The Morgan fingerprint density at radius 1 is 1.05 bits per heavy atom. The number of rotatable bonds is 7. The van der Waals surface area contributed by atoms with Gasteiger partial charge in [0.15, 0.2) is 6.10 Å². The van der Waals surface area contributed by atoms with E-state index in [2.05, 4.69) is 41.8 Å². The molecule has 2 aromatic carbocycles. The first-order valence-corrected chi connectivity index (χ1v) is 15.9.